The molecule has 1 saturated heterocycles. The maximum Gasteiger partial charge on any atom is 0.311 e. The third-order valence-electron chi connectivity index (χ3n) is 3.38. The fourth-order valence-electron chi connectivity index (χ4n) is 2.20. The summed E-state index contributed by atoms with van der Waals surface area (Å²) < 4.78 is 5.27. The number of esters is 1. The molecule has 20 heavy (non-hydrogen) atoms. The minimum atomic E-state index is -0.205. The monoisotopic (exact) mass is 275 g/mol. The first kappa shape index (κ1) is 14.6. The van der Waals surface area contributed by atoms with Crippen LogP contribution >= 0.6 is 0 Å². The van der Waals surface area contributed by atoms with E-state index < -0.39 is 0 Å². The van der Waals surface area contributed by atoms with Crippen LogP contribution in [0.4, 0.5) is 5.69 Å². The van der Waals surface area contributed by atoms with Gasteiger partial charge in [0.2, 0.25) is 5.91 Å². The third kappa shape index (κ3) is 3.83. The predicted molar refractivity (Wildman–Crippen MR) is 77.7 cm³/mol. The fourth-order valence-corrected chi connectivity index (χ4v) is 2.20. The molecule has 4 heteroatoms. The molecule has 0 aliphatic carbocycles. The first-order valence-corrected chi connectivity index (χ1v) is 7.17. The predicted octanol–water partition coefficient (Wildman–Crippen LogP) is 3.16. The van der Waals surface area contributed by atoms with Gasteiger partial charge in [-0.1, -0.05) is 13.8 Å². The Kier molecular flexibility index (Phi) is 4.77. The Morgan fingerprint density at radius 2 is 2.00 bits per heavy atom. The highest BCUT2D eigenvalue weighted by atomic mass is 16.5. The zero-order chi connectivity index (χ0) is 14.5. The summed E-state index contributed by atoms with van der Waals surface area (Å²) in [5, 5.41) is 0. The lowest BCUT2D eigenvalue weighted by Gasteiger charge is -2.15. The van der Waals surface area contributed by atoms with Crippen molar-refractivity contribution in [2.45, 2.75) is 39.5 Å². The van der Waals surface area contributed by atoms with Crippen LogP contribution in [-0.4, -0.2) is 18.4 Å². The van der Waals surface area contributed by atoms with Gasteiger partial charge in [-0.3, -0.25) is 9.59 Å². The lowest BCUT2D eigenvalue weighted by molar-refractivity contribution is -0.134. The van der Waals surface area contributed by atoms with Crippen molar-refractivity contribution in [1.29, 1.82) is 0 Å². The highest BCUT2D eigenvalue weighted by Crippen LogP contribution is 2.24. The minimum absolute atomic E-state index is 0.159. The molecular formula is C16H21NO3. The van der Waals surface area contributed by atoms with Crippen LogP contribution in [0.1, 0.15) is 39.5 Å². The number of carbonyl (C=O) groups excluding carboxylic acids is 2. The average Bonchev–Trinajstić information content (AvgIpc) is 2.84. The van der Waals surface area contributed by atoms with Gasteiger partial charge in [-0.2, -0.15) is 0 Å². The first-order valence-electron chi connectivity index (χ1n) is 7.17. The number of nitrogens with zero attached hydrogens (tertiary/aromatic N) is 1. The molecule has 0 saturated carbocycles. The van der Waals surface area contributed by atoms with Gasteiger partial charge >= 0.3 is 5.97 Å². The van der Waals surface area contributed by atoms with Gasteiger partial charge in [-0.05, 0) is 43.0 Å². The highest BCUT2D eigenvalue weighted by molar-refractivity contribution is 5.95. The molecule has 2 rings (SSSR count). The minimum Gasteiger partial charge on any atom is -0.427 e. The molecule has 0 aromatic heterocycles. The Morgan fingerprint density at radius 3 is 2.55 bits per heavy atom. The van der Waals surface area contributed by atoms with Crippen LogP contribution in [0.25, 0.3) is 0 Å². The van der Waals surface area contributed by atoms with Crippen LogP contribution in [0, 0.1) is 5.92 Å². The van der Waals surface area contributed by atoms with E-state index in [1.807, 2.05) is 12.1 Å². The van der Waals surface area contributed by atoms with Gasteiger partial charge in [0.1, 0.15) is 5.75 Å². The Hall–Kier alpha value is -1.84. The second kappa shape index (κ2) is 6.55. The quantitative estimate of drug-likeness (QED) is 0.612. The topological polar surface area (TPSA) is 46.6 Å². The molecule has 0 atom stereocenters. The van der Waals surface area contributed by atoms with Crippen molar-refractivity contribution in [3.63, 3.8) is 0 Å². The summed E-state index contributed by atoms with van der Waals surface area (Å²) in [4.78, 5) is 25.0. The lowest BCUT2D eigenvalue weighted by atomic mass is 10.1. The summed E-state index contributed by atoms with van der Waals surface area (Å²) in [5.74, 6) is 0.982. The summed E-state index contributed by atoms with van der Waals surface area (Å²) in [5.41, 5.74) is 0.870. The van der Waals surface area contributed by atoms with Gasteiger partial charge in [-0.15, -0.1) is 0 Å². The molecule has 1 aliphatic heterocycles. The number of hydrogen-bond donors (Lipinski definition) is 0. The van der Waals surface area contributed by atoms with Gasteiger partial charge in [0.15, 0.2) is 0 Å². The number of carbonyl (C=O) groups is 2. The Bertz CT molecular complexity index is 479. The molecule has 1 aromatic carbocycles. The molecule has 0 unspecified atom stereocenters. The van der Waals surface area contributed by atoms with E-state index in [1.54, 1.807) is 17.0 Å². The van der Waals surface area contributed by atoms with Gasteiger partial charge in [0.05, 0.1) is 0 Å². The summed E-state index contributed by atoms with van der Waals surface area (Å²) in [6, 6.07) is 7.14. The number of benzene rings is 1. The maximum atomic E-state index is 11.6. The standard InChI is InChI=1S/C16H21NO3/c1-12(2)5-10-16(19)20-14-8-6-13(7-9-14)17-11-3-4-15(17)18/h6-9,12H,3-5,10-11H2,1-2H3. The van der Waals surface area contributed by atoms with Crippen LogP contribution in [-0.2, 0) is 9.59 Å². The van der Waals surface area contributed by atoms with E-state index in [0.717, 1.165) is 25.1 Å². The van der Waals surface area contributed by atoms with Crippen LogP contribution in [0.5, 0.6) is 5.75 Å². The molecule has 0 bridgehead atoms. The molecule has 4 nitrogen and oxygen atoms in total. The average molecular weight is 275 g/mol. The Morgan fingerprint density at radius 1 is 1.30 bits per heavy atom. The van der Waals surface area contributed by atoms with Gasteiger partial charge in [0.25, 0.3) is 0 Å². The lowest BCUT2D eigenvalue weighted by Crippen LogP contribution is -2.23. The normalized spacial score (nSPS) is 14.9. The van der Waals surface area contributed by atoms with Crippen LogP contribution in [0.15, 0.2) is 24.3 Å². The number of amides is 1. The largest absolute Gasteiger partial charge is 0.427 e. The van der Waals surface area contributed by atoms with Crippen LogP contribution < -0.4 is 9.64 Å². The van der Waals surface area contributed by atoms with Crippen molar-refractivity contribution in [2.24, 2.45) is 5.92 Å². The van der Waals surface area contributed by atoms with E-state index in [4.69, 9.17) is 4.74 Å². The van der Waals surface area contributed by atoms with E-state index in [1.165, 1.54) is 0 Å². The molecule has 1 fully saturated rings. The van der Waals surface area contributed by atoms with Crippen molar-refractivity contribution >= 4 is 17.6 Å². The van der Waals surface area contributed by atoms with E-state index in [-0.39, 0.29) is 11.9 Å². The zero-order valence-corrected chi connectivity index (χ0v) is 12.1. The molecule has 108 valence electrons. The second-order valence-electron chi connectivity index (χ2n) is 5.55. The number of ether oxygens (including phenoxy) is 1. The second-order valence-corrected chi connectivity index (χ2v) is 5.55. The maximum absolute atomic E-state index is 11.6. The molecule has 1 amide bonds. The molecule has 0 N–H and O–H groups in total. The van der Waals surface area contributed by atoms with E-state index in [2.05, 4.69) is 13.8 Å². The zero-order valence-electron chi connectivity index (χ0n) is 12.1. The Labute approximate surface area is 119 Å². The number of hydrogen-bond acceptors (Lipinski definition) is 3. The smallest absolute Gasteiger partial charge is 0.311 e. The van der Waals surface area contributed by atoms with Crippen molar-refractivity contribution in [3.8, 4) is 5.75 Å². The molecular weight excluding hydrogens is 254 g/mol. The number of rotatable bonds is 5. The van der Waals surface area contributed by atoms with Crippen LogP contribution in [0.2, 0.25) is 0 Å². The third-order valence-corrected chi connectivity index (χ3v) is 3.38. The molecule has 0 spiro atoms. The number of anilines is 1. The van der Waals surface area contributed by atoms with Gasteiger partial charge in [0, 0.05) is 25.1 Å². The molecule has 1 aliphatic rings. The van der Waals surface area contributed by atoms with E-state index in [0.29, 0.717) is 24.5 Å². The highest BCUT2D eigenvalue weighted by Gasteiger charge is 2.21. The van der Waals surface area contributed by atoms with Crippen molar-refractivity contribution in [3.05, 3.63) is 24.3 Å². The van der Waals surface area contributed by atoms with Gasteiger partial charge < -0.3 is 9.64 Å². The van der Waals surface area contributed by atoms with E-state index >= 15 is 0 Å². The van der Waals surface area contributed by atoms with Crippen LogP contribution in [0.3, 0.4) is 0 Å². The summed E-state index contributed by atoms with van der Waals surface area (Å²) in [6.07, 6.45) is 2.79. The summed E-state index contributed by atoms with van der Waals surface area (Å²) >= 11 is 0. The fraction of sp³-hybridized carbons (Fsp3) is 0.500. The van der Waals surface area contributed by atoms with Gasteiger partial charge in [-0.25, -0.2) is 0 Å². The molecule has 1 aromatic rings. The summed E-state index contributed by atoms with van der Waals surface area (Å²) in [6.45, 7) is 4.93. The van der Waals surface area contributed by atoms with E-state index in [9.17, 15) is 9.59 Å². The van der Waals surface area contributed by atoms with Crippen molar-refractivity contribution in [1.82, 2.24) is 0 Å². The SMILES string of the molecule is CC(C)CCC(=O)Oc1ccc(N2CCCC2=O)cc1. The van der Waals surface area contributed by atoms with Crippen molar-refractivity contribution in [2.75, 3.05) is 11.4 Å². The first-order chi connectivity index (χ1) is 9.56. The molecule has 1 heterocycles. The Balaban J connectivity index is 1.91. The molecule has 0 radical (unpaired) electrons. The van der Waals surface area contributed by atoms with Crippen molar-refractivity contribution < 1.29 is 14.3 Å². The summed E-state index contributed by atoms with van der Waals surface area (Å²) in [7, 11) is 0.